The van der Waals surface area contributed by atoms with E-state index in [2.05, 4.69) is 11.1 Å². The number of esters is 1. The van der Waals surface area contributed by atoms with Gasteiger partial charge in [-0.1, -0.05) is 18.2 Å². The quantitative estimate of drug-likeness (QED) is 0.579. The van der Waals surface area contributed by atoms with Crippen LogP contribution in [-0.2, 0) is 16.0 Å². The second-order valence-electron chi connectivity index (χ2n) is 7.48. The lowest BCUT2D eigenvalue weighted by Gasteiger charge is -2.51. The highest BCUT2D eigenvalue weighted by Crippen LogP contribution is 2.87. The zero-order chi connectivity index (χ0) is 18.1. The lowest BCUT2D eigenvalue weighted by Crippen LogP contribution is -2.54. The van der Waals surface area contributed by atoms with Gasteiger partial charge in [0.2, 0.25) is 0 Å². The Kier molecular flexibility index (Phi) is 3.45. The Hall–Kier alpha value is -1.65. The third kappa shape index (κ3) is 2.00. The minimum absolute atomic E-state index is 0.0584. The molecule has 1 aromatic heterocycles. The predicted molar refractivity (Wildman–Crippen MR) is 96.1 cm³/mol. The van der Waals surface area contributed by atoms with Gasteiger partial charge in [-0.15, -0.1) is 23.2 Å². The molecule has 0 N–H and O–H groups in total. The molecule has 1 aromatic carbocycles. The first-order chi connectivity index (χ1) is 12.5. The fourth-order valence-corrected chi connectivity index (χ4v) is 6.45. The average Bonchev–Trinajstić information content (AvgIpc) is 3.20. The third-order valence-corrected chi connectivity index (χ3v) is 7.50. The van der Waals surface area contributed by atoms with Crippen LogP contribution in [0.3, 0.4) is 0 Å². The van der Waals surface area contributed by atoms with Gasteiger partial charge in [0.25, 0.3) is 0 Å². The van der Waals surface area contributed by atoms with Gasteiger partial charge in [0.1, 0.15) is 12.4 Å². The SMILES string of the molecule is O=C(Cc1ccc(F)cc1)OC[C@]1(Cl)C[C@@H]2c3cccnc3[C@H]3[C@@H](Cl)[C@@]231. The Labute approximate surface area is 160 Å². The number of ether oxygens (including phenoxy) is 1. The van der Waals surface area contributed by atoms with Crippen LogP contribution < -0.4 is 0 Å². The number of benzene rings is 1. The van der Waals surface area contributed by atoms with Crippen LogP contribution in [0.1, 0.15) is 35.1 Å². The van der Waals surface area contributed by atoms with Crippen LogP contribution in [0.2, 0.25) is 0 Å². The minimum Gasteiger partial charge on any atom is -0.464 e. The van der Waals surface area contributed by atoms with Crippen LogP contribution >= 0.6 is 23.2 Å². The van der Waals surface area contributed by atoms with Gasteiger partial charge in [-0.25, -0.2) is 4.39 Å². The molecule has 2 saturated carbocycles. The monoisotopic (exact) mass is 391 g/mol. The van der Waals surface area contributed by atoms with Gasteiger partial charge in [0.05, 0.1) is 16.7 Å². The van der Waals surface area contributed by atoms with Gasteiger partial charge >= 0.3 is 5.97 Å². The summed E-state index contributed by atoms with van der Waals surface area (Å²) in [5.74, 6) is -0.253. The summed E-state index contributed by atoms with van der Waals surface area (Å²) < 4.78 is 18.4. The number of hydrogen-bond acceptors (Lipinski definition) is 3. The molecule has 2 aromatic rings. The Morgan fingerprint density at radius 2 is 2.08 bits per heavy atom. The fourth-order valence-electron chi connectivity index (χ4n) is 5.06. The average molecular weight is 392 g/mol. The molecule has 1 spiro atoms. The number of fused-ring (bicyclic) bond motifs is 3. The fraction of sp³-hybridized carbons (Fsp3) is 0.400. The Bertz CT molecular complexity index is 901. The second kappa shape index (κ2) is 5.43. The Morgan fingerprint density at radius 1 is 1.31 bits per heavy atom. The van der Waals surface area contributed by atoms with Gasteiger partial charge in [-0.05, 0) is 41.7 Å². The van der Waals surface area contributed by atoms with Crippen LogP contribution in [-0.4, -0.2) is 27.8 Å². The highest BCUT2D eigenvalue weighted by atomic mass is 35.5. The van der Waals surface area contributed by atoms with E-state index in [1.807, 2.05) is 6.07 Å². The van der Waals surface area contributed by atoms with E-state index in [4.69, 9.17) is 27.9 Å². The number of carbonyl (C=O) groups is 1. The maximum atomic E-state index is 13.0. The molecule has 0 radical (unpaired) electrons. The number of aromatic nitrogens is 1. The van der Waals surface area contributed by atoms with E-state index in [0.717, 1.165) is 12.1 Å². The van der Waals surface area contributed by atoms with Crippen molar-refractivity contribution in [3.63, 3.8) is 0 Å². The van der Waals surface area contributed by atoms with Crippen molar-refractivity contribution >= 4 is 29.2 Å². The molecular formula is C20H16Cl2FNO2. The van der Waals surface area contributed by atoms with Gasteiger partial charge in [-0.2, -0.15) is 0 Å². The second-order valence-corrected chi connectivity index (χ2v) is 8.67. The summed E-state index contributed by atoms with van der Waals surface area (Å²) in [4.78, 5) is 16.0. The standard InChI is InChI=1S/C20H16Cl2FNO2/c21-18-16-17-13(2-1-7-24-17)14-9-19(22,20(14,16)18)10-26-15(25)8-11-3-5-12(23)6-4-11/h1-7,14,16,18H,8-10H2/t14-,16+,18-,19-,20-/m1/s1. The van der Waals surface area contributed by atoms with Crippen LogP contribution in [0, 0.1) is 11.2 Å². The van der Waals surface area contributed by atoms with Gasteiger partial charge in [0.15, 0.2) is 0 Å². The number of nitrogens with zero attached hydrogens (tertiary/aromatic N) is 1. The summed E-state index contributed by atoms with van der Waals surface area (Å²) in [6, 6.07) is 9.86. The maximum absolute atomic E-state index is 13.0. The van der Waals surface area contributed by atoms with Crippen molar-refractivity contribution in [3.05, 3.63) is 65.2 Å². The number of pyridine rings is 1. The molecule has 1 heterocycles. The normalized spacial score (nSPS) is 35.7. The zero-order valence-electron chi connectivity index (χ0n) is 13.8. The van der Waals surface area contributed by atoms with Crippen molar-refractivity contribution in [2.75, 3.05) is 6.61 Å². The van der Waals surface area contributed by atoms with E-state index < -0.39 is 4.87 Å². The Balaban J connectivity index is 1.28. The highest BCUT2D eigenvalue weighted by molar-refractivity contribution is 6.31. The van der Waals surface area contributed by atoms with E-state index >= 15 is 0 Å². The van der Waals surface area contributed by atoms with Crippen molar-refractivity contribution in [2.45, 2.75) is 34.9 Å². The Morgan fingerprint density at radius 3 is 2.85 bits per heavy atom. The summed E-state index contributed by atoms with van der Waals surface area (Å²) >= 11 is 13.5. The number of alkyl halides is 2. The summed E-state index contributed by atoms with van der Waals surface area (Å²) in [7, 11) is 0. The van der Waals surface area contributed by atoms with E-state index in [1.54, 1.807) is 18.3 Å². The van der Waals surface area contributed by atoms with Gasteiger partial charge in [0, 0.05) is 23.2 Å². The van der Waals surface area contributed by atoms with E-state index in [0.29, 0.717) is 11.5 Å². The summed E-state index contributed by atoms with van der Waals surface area (Å²) in [6.07, 6.45) is 2.62. The zero-order valence-corrected chi connectivity index (χ0v) is 15.3. The number of rotatable bonds is 4. The van der Waals surface area contributed by atoms with Crippen LogP contribution in [0.25, 0.3) is 0 Å². The maximum Gasteiger partial charge on any atom is 0.310 e. The molecule has 6 heteroatoms. The molecular weight excluding hydrogens is 376 g/mol. The molecule has 3 aliphatic rings. The smallest absolute Gasteiger partial charge is 0.310 e. The summed E-state index contributed by atoms with van der Waals surface area (Å²) in [5, 5.41) is -0.0584. The van der Waals surface area contributed by atoms with E-state index in [-0.39, 0.29) is 41.5 Å². The lowest BCUT2D eigenvalue weighted by atomic mass is 9.60. The van der Waals surface area contributed by atoms with Crippen molar-refractivity contribution < 1.29 is 13.9 Å². The molecule has 26 heavy (non-hydrogen) atoms. The number of halogens is 3. The van der Waals surface area contributed by atoms with E-state index in [9.17, 15) is 9.18 Å². The number of hydrogen-bond donors (Lipinski definition) is 0. The molecule has 0 unspecified atom stereocenters. The summed E-state index contributed by atoms with van der Waals surface area (Å²) in [6.45, 7) is 0.138. The molecule has 0 aliphatic heterocycles. The number of carbonyl (C=O) groups excluding carboxylic acids is 1. The molecule has 0 saturated heterocycles. The molecule has 3 nitrogen and oxygen atoms in total. The van der Waals surface area contributed by atoms with Crippen molar-refractivity contribution in [1.82, 2.24) is 4.98 Å². The van der Waals surface area contributed by atoms with Crippen molar-refractivity contribution in [1.29, 1.82) is 0 Å². The van der Waals surface area contributed by atoms with Crippen LogP contribution in [0.15, 0.2) is 42.6 Å². The van der Waals surface area contributed by atoms with Gasteiger partial charge in [-0.3, -0.25) is 9.78 Å². The summed E-state index contributed by atoms with van der Waals surface area (Å²) in [5.41, 5.74) is 2.76. The topological polar surface area (TPSA) is 39.2 Å². The first-order valence-corrected chi connectivity index (χ1v) is 9.47. The van der Waals surface area contributed by atoms with Gasteiger partial charge < -0.3 is 4.74 Å². The minimum atomic E-state index is -0.645. The van der Waals surface area contributed by atoms with Crippen LogP contribution in [0.4, 0.5) is 4.39 Å². The highest BCUT2D eigenvalue weighted by Gasteiger charge is 2.87. The first kappa shape index (κ1) is 16.5. The molecule has 5 rings (SSSR count). The molecule has 2 fully saturated rings. The molecule has 5 atom stereocenters. The van der Waals surface area contributed by atoms with Crippen LogP contribution in [0.5, 0.6) is 0 Å². The van der Waals surface area contributed by atoms with Crippen molar-refractivity contribution in [3.8, 4) is 0 Å². The third-order valence-electron chi connectivity index (χ3n) is 6.30. The molecule has 3 aliphatic carbocycles. The first-order valence-electron chi connectivity index (χ1n) is 8.65. The molecule has 134 valence electrons. The largest absolute Gasteiger partial charge is 0.464 e. The molecule has 0 amide bonds. The lowest BCUT2D eigenvalue weighted by molar-refractivity contribution is -0.146. The van der Waals surface area contributed by atoms with E-state index in [1.165, 1.54) is 17.7 Å². The molecule has 0 bridgehead atoms. The predicted octanol–water partition coefficient (Wildman–Crippen LogP) is 4.18. The van der Waals surface area contributed by atoms with Crippen molar-refractivity contribution in [2.24, 2.45) is 5.41 Å².